The second kappa shape index (κ2) is 12.6. The first-order valence-corrected chi connectivity index (χ1v) is 12.0. The average molecular weight is 517 g/mol. The normalized spacial score (nSPS) is 35.4. The second-order valence-electron chi connectivity index (χ2n) is 9.19. The van der Waals surface area contributed by atoms with Crippen LogP contribution in [0, 0.1) is 5.92 Å². The molecule has 0 amide bonds. The third-order valence-corrected chi connectivity index (χ3v) is 6.48. The molecule has 9 atom stereocenters. The summed E-state index contributed by atoms with van der Waals surface area (Å²) in [5.74, 6) is -0.599. The molecule has 1 aromatic rings. The molecule has 2 fully saturated rings. The van der Waals surface area contributed by atoms with Gasteiger partial charge >= 0.3 is 5.97 Å². The summed E-state index contributed by atoms with van der Waals surface area (Å²) in [6.07, 6.45) is -9.20. The molecule has 204 valence electrons. The Labute approximate surface area is 208 Å². The molecule has 0 spiro atoms. The zero-order valence-corrected chi connectivity index (χ0v) is 20.3. The summed E-state index contributed by atoms with van der Waals surface area (Å²) in [4.78, 5) is 12.0. The van der Waals surface area contributed by atoms with Gasteiger partial charge in [-0.1, -0.05) is 26.0 Å². The van der Waals surface area contributed by atoms with Crippen LogP contribution >= 0.6 is 0 Å². The number of benzene rings is 1. The van der Waals surface area contributed by atoms with E-state index in [1.54, 1.807) is 31.2 Å². The van der Waals surface area contributed by atoms with E-state index in [0.29, 0.717) is 18.6 Å². The fourth-order valence-electron chi connectivity index (χ4n) is 3.85. The highest BCUT2D eigenvalue weighted by molar-refractivity contribution is 5.71. The van der Waals surface area contributed by atoms with Gasteiger partial charge in [0.2, 0.25) is 6.29 Å². The van der Waals surface area contributed by atoms with Gasteiger partial charge in [0.25, 0.3) is 0 Å². The molecular weight excluding hydrogens is 480 g/mol. The van der Waals surface area contributed by atoms with Crippen LogP contribution in [0.2, 0.25) is 0 Å². The van der Waals surface area contributed by atoms with Gasteiger partial charge in [0.05, 0.1) is 19.1 Å². The van der Waals surface area contributed by atoms with E-state index in [0.717, 1.165) is 5.56 Å². The molecule has 0 radical (unpaired) electrons. The van der Waals surface area contributed by atoms with Crippen LogP contribution in [0.3, 0.4) is 0 Å². The number of rotatable bonds is 11. The SMILES string of the molecule is CC[C@H](C)C(=O)OC[C@@]1(O)CO[C@@H](O[C@@H]2[C@@H](Oc3ccc(CCO)cc3)O[C@@H](CO)[C@@H](O)[C@H]2O)[C@H]1O. The number of esters is 1. The fourth-order valence-corrected chi connectivity index (χ4v) is 3.85. The molecule has 12 heteroatoms. The highest BCUT2D eigenvalue weighted by Crippen LogP contribution is 2.32. The predicted octanol–water partition coefficient (Wildman–Crippen LogP) is -1.54. The van der Waals surface area contributed by atoms with E-state index in [1.807, 2.05) is 6.92 Å². The van der Waals surface area contributed by atoms with Crippen LogP contribution in [0.1, 0.15) is 25.8 Å². The summed E-state index contributed by atoms with van der Waals surface area (Å²) in [5, 5.41) is 61.1. The first-order chi connectivity index (χ1) is 17.1. The Balaban J connectivity index is 1.71. The Morgan fingerprint density at radius 3 is 2.44 bits per heavy atom. The number of aliphatic hydroxyl groups is 6. The monoisotopic (exact) mass is 516 g/mol. The third kappa shape index (κ3) is 6.52. The molecule has 1 aromatic carbocycles. The lowest BCUT2D eigenvalue weighted by atomic mass is 9.98. The van der Waals surface area contributed by atoms with Crippen molar-refractivity contribution in [2.45, 2.75) is 75.4 Å². The zero-order valence-electron chi connectivity index (χ0n) is 20.3. The maximum Gasteiger partial charge on any atom is 0.308 e. The molecule has 0 bridgehead atoms. The largest absolute Gasteiger partial charge is 0.462 e. The topological polar surface area (TPSA) is 185 Å². The lowest BCUT2D eigenvalue weighted by Gasteiger charge is -2.42. The summed E-state index contributed by atoms with van der Waals surface area (Å²) in [6, 6.07) is 6.68. The summed E-state index contributed by atoms with van der Waals surface area (Å²) in [6.45, 7) is 1.91. The summed E-state index contributed by atoms with van der Waals surface area (Å²) in [5.41, 5.74) is -1.10. The predicted molar refractivity (Wildman–Crippen MR) is 122 cm³/mol. The molecule has 2 aliphatic heterocycles. The van der Waals surface area contributed by atoms with E-state index >= 15 is 0 Å². The van der Waals surface area contributed by atoms with Crippen molar-refractivity contribution in [1.82, 2.24) is 0 Å². The van der Waals surface area contributed by atoms with Crippen LogP contribution in [-0.4, -0.2) is 112 Å². The van der Waals surface area contributed by atoms with Gasteiger partial charge in [-0.15, -0.1) is 0 Å². The van der Waals surface area contributed by atoms with Gasteiger partial charge in [-0.25, -0.2) is 0 Å². The fraction of sp³-hybridized carbons (Fsp3) is 0.708. The molecule has 2 aliphatic rings. The van der Waals surface area contributed by atoms with Gasteiger partial charge in [-0.2, -0.15) is 0 Å². The van der Waals surface area contributed by atoms with Gasteiger partial charge in [0, 0.05) is 6.61 Å². The van der Waals surface area contributed by atoms with Crippen LogP contribution in [0.15, 0.2) is 24.3 Å². The summed E-state index contributed by atoms with van der Waals surface area (Å²) in [7, 11) is 0. The van der Waals surface area contributed by atoms with Crippen molar-refractivity contribution >= 4 is 5.97 Å². The quantitative estimate of drug-likeness (QED) is 0.187. The number of carbonyl (C=O) groups excluding carboxylic acids is 1. The van der Waals surface area contributed by atoms with E-state index < -0.39 is 74.5 Å². The van der Waals surface area contributed by atoms with Crippen LogP contribution in [0.25, 0.3) is 0 Å². The van der Waals surface area contributed by atoms with E-state index in [4.69, 9.17) is 28.8 Å². The van der Waals surface area contributed by atoms with Gasteiger partial charge in [-0.3, -0.25) is 4.79 Å². The molecule has 12 nitrogen and oxygen atoms in total. The highest BCUT2D eigenvalue weighted by atomic mass is 16.8. The molecule has 3 rings (SSSR count). The van der Waals surface area contributed by atoms with Crippen LogP contribution in [0.5, 0.6) is 5.75 Å². The second-order valence-corrected chi connectivity index (χ2v) is 9.19. The smallest absolute Gasteiger partial charge is 0.308 e. The lowest BCUT2D eigenvalue weighted by Crippen LogP contribution is -2.62. The molecule has 2 saturated heterocycles. The number of ether oxygens (including phenoxy) is 5. The van der Waals surface area contributed by atoms with Crippen LogP contribution in [0.4, 0.5) is 0 Å². The molecule has 0 aromatic heterocycles. The standard InChI is InChI=1S/C24H36O12/c1-3-13(2)21(30)32-11-24(31)12-33-23(20(24)29)36-19-18(28)17(27)16(10-26)35-22(19)34-15-6-4-14(5-7-15)8-9-25/h4-7,13,16-20,22-23,25-29,31H,3,8-12H2,1-2H3/t13-,16-,17+,18+,19-,20+,22-,23-,24+/m0/s1. The van der Waals surface area contributed by atoms with Crippen molar-refractivity contribution in [3.63, 3.8) is 0 Å². The minimum Gasteiger partial charge on any atom is -0.462 e. The first kappa shape index (κ1) is 28.7. The van der Waals surface area contributed by atoms with Gasteiger partial charge in [-0.05, 0) is 30.5 Å². The Hall–Kier alpha value is -1.87. The van der Waals surface area contributed by atoms with Gasteiger partial charge < -0.3 is 54.3 Å². The molecule has 36 heavy (non-hydrogen) atoms. The first-order valence-electron chi connectivity index (χ1n) is 12.0. The maximum atomic E-state index is 12.0. The van der Waals surface area contributed by atoms with E-state index in [1.165, 1.54) is 0 Å². The Morgan fingerprint density at radius 2 is 1.83 bits per heavy atom. The molecule has 6 N–H and O–H groups in total. The van der Waals surface area contributed by atoms with Crippen molar-refractivity contribution in [1.29, 1.82) is 0 Å². The third-order valence-electron chi connectivity index (χ3n) is 6.48. The Morgan fingerprint density at radius 1 is 1.14 bits per heavy atom. The molecule has 0 aliphatic carbocycles. The number of hydrogen-bond acceptors (Lipinski definition) is 12. The average Bonchev–Trinajstić information content (AvgIpc) is 3.16. The maximum absolute atomic E-state index is 12.0. The highest BCUT2D eigenvalue weighted by Gasteiger charge is 2.54. The molecular formula is C24H36O12. The van der Waals surface area contributed by atoms with Gasteiger partial charge in [0.1, 0.15) is 36.8 Å². The van der Waals surface area contributed by atoms with Crippen molar-refractivity contribution in [2.75, 3.05) is 26.4 Å². The minimum atomic E-state index is -1.96. The molecule has 0 unspecified atom stereocenters. The van der Waals surface area contributed by atoms with E-state index in [-0.39, 0.29) is 12.5 Å². The molecule has 2 heterocycles. The van der Waals surface area contributed by atoms with Crippen LogP contribution in [-0.2, 0) is 30.2 Å². The van der Waals surface area contributed by atoms with E-state index in [2.05, 4.69) is 0 Å². The van der Waals surface area contributed by atoms with Crippen molar-refractivity contribution in [3.8, 4) is 5.75 Å². The van der Waals surface area contributed by atoms with Gasteiger partial charge in [0.15, 0.2) is 18.0 Å². The Bertz CT molecular complexity index is 835. The minimum absolute atomic E-state index is 0.0169. The number of aliphatic hydroxyl groups excluding tert-OH is 5. The van der Waals surface area contributed by atoms with E-state index in [9.17, 15) is 30.3 Å². The number of carbonyl (C=O) groups is 1. The van der Waals surface area contributed by atoms with Crippen LogP contribution < -0.4 is 4.74 Å². The van der Waals surface area contributed by atoms with Crippen molar-refractivity contribution in [3.05, 3.63) is 29.8 Å². The summed E-state index contributed by atoms with van der Waals surface area (Å²) >= 11 is 0. The van der Waals surface area contributed by atoms with Crippen molar-refractivity contribution < 1.29 is 59.1 Å². The molecule has 0 saturated carbocycles. The number of hydrogen-bond donors (Lipinski definition) is 6. The summed E-state index contributed by atoms with van der Waals surface area (Å²) < 4.78 is 27.6. The van der Waals surface area contributed by atoms with Crippen molar-refractivity contribution in [2.24, 2.45) is 5.92 Å². The zero-order chi connectivity index (χ0) is 26.5. The Kier molecular flexibility index (Phi) is 10.0. The lowest BCUT2D eigenvalue weighted by molar-refractivity contribution is -0.318.